The van der Waals surface area contributed by atoms with Crippen molar-refractivity contribution < 1.29 is 9.13 Å². The summed E-state index contributed by atoms with van der Waals surface area (Å²) in [5.41, 5.74) is 7.33. The number of hydrogen-bond donors (Lipinski definition) is 1. The van der Waals surface area contributed by atoms with Crippen molar-refractivity contribution in [2.24, 2.45) is 5.73 Å². The van der Waals surface area contributed by atoms with E-state index in [0.717, 1.165) is 16.5 Å². The fourth-order valence-corrected chi connectivity index (χ4v) is 2.70. The van der Waals surface area contributed by atoms with Crippen molar-refractivity contribution >= 4 is 27.5 Å². The van der Waals surface area contributed by atoms with Crippen LogP contribution in [0.2, 0.25) is 5.02 Å². The van der Waals surface area contributed by atoms with Gasteiger partial charge in [-0.3, -0.25) is 0 Å². The summed E-state index contributed by atoms with van der Waals surface area (Å²) in [5.74, 6) is 0.326. The fraction of sp³-hybridized carbons (Fsp3) is 0.250. The number of ether oxygens (including phenoxy) is 1. The fourth-order valence-electron chi connectivity index (χ4n) is 1.97. The van der Waals surface area contributed by atoms with Crippen molar-refractivity contribution in [2.75, 3.05) is 0 Å². The predicted molar refractivity (Wildman–Crippen MR) is 87.2 cm³/mol. The molecule has 0 saturated carbocycles. The molecule has 5 heteroatoms. The van der Waals surface area contributed by atoms with Crippen molar-refractivity contribution in [1.82, 2.24) is 0 Å². The molecule has 0 aromatic heterocycles. The van der Waals surface area contributed by atoms with Gasteiger partial charge in [0.2, 0.25) is 0 Å². The monoisotopic (exact) mass is 371 g/mol. The second-order valence-electron chi connectivity index (χ2n) is 4.97. The van der Waals surface area contributed by atoms with Gasteiger partial charge < -0.3 is 10.5 Å². The first-order valence-corrected chi connectivity index (χ1v) is 7.73. The van der Waals surface area contributed by atoms with Crippen LogP contribution in [0.3, 0.4) is 0 Å². The molecular formula is C16H16BrClFNO. The molecule has 0 saturated heterocycles. The van der Waals surface area contributed by atoms with E-state index >= 15 is 0 Å². The highest BCUT2D eigenvalue weighted by molar-refractivity contribution is 9.10. The van der Waals surface area contributed by atoms with Gasteiger partial charge >= 0.3 is 0 Å². The van der Waals surface area contributed by atoms with Crippen LogP contribution < -0.4 is 10.5 Å². The molecular weight excluding hydrogens is 357 g/mol. The average Bonchev–Trinajstić information content (AvgIpc) is 2.41. The van der Waals surface area contributed by atoms with Crippen molar-refractivity contribution in [3.8, 4) is 5.75 Å². The lowest BCUT2D eigenvalue weighted by Crippen LogP contribution is -2.17. The number of halogens is 3. The molecule has 0 radical (unpaired) electrons. The summed E-state index contributed by atoms with van der Waals surface area (Å²) in [4.78, 5) is 0. The van der Waals surface area contributed by atoms with Gasteiger partial charge in [-0.25, -0.2) is 4.39 Å². The van der Waals surface area contributed by atoms with Crippen LogP contribution in [-0.4, -0.2) is 6.04 Å². The molecule has 0 amide bonds. The largest absolute Gasteiger partial charge is 0.488 e. The molecule has 2 N–H and O–H groups in total. The van der Waals surface area contributed by atoms with Crippen LogP contribution in [-0.2, 0) is 13.0 Å². The van der Waals surface area contributed by atoms with Crippen LogP contribution in [0.25, 0.3) is 0 Å². The van der Waals surface area contributed by atoms with Gasteiger partial charge in [0.1, 0.15) is 18.2 Å². The van der Waals surface area contributed by atoms with E-state index in [4.69, 9.17) is 22.1 Å². The summed E-state index contributed by atoms with van der Waals surface area (Å²) in [7, 11) is 0. The first-order valence-electron chi connectivity index (χ1n) is 6.56. The SMILES string of the molecule is CC(N)Cc1ccc(OCc2cc(Cl)ccc2F)c(Br)c1. The van der Waals surface area contributed by atoms with Crippen molar-refractivity contribution in [3.05, 3.63) is 62.8 Å². The minimum Gasteiger partial charge on any atom is -0.488 e. The standard InChI is InChI=1S/C16H16BrClFNO/c1-10(20)6-11-2-5-16(14(17)7-11)21-9-12-8-13(18)3-4-15(12)19/h2-5,7-8,10H,6,9,20H2,1H3. The topological polar surface area (TPSA) is 35.2 Å². The van der Waals surface area contributed by atoms with Gasteiger partial charge in [0.25, 0.3) is 0 Å². The Balaban J connectivity index is 2.08. The van der Waals surface area contributed by atoms with Gasteiger partial charge in [-0.2, -0.15) is 0 Å². The second-order valence-corrected chi connectivity index (χ2v) is 6.26. The molecule has 0 aliphatic rings. The highest BCUT2D eigenvalue weighted by Crippen LogP contribution is 2.28. The van der Waals surface area contributed by atoms with E-state index in [-0.39, 0.29) is 18.5 Å². The summed E-state index contributed by atoms with van der Waals surface area (Å²) in [6.45, 7) is 2.08. The molecule has 0 heterocycles. The third-order valence-corrected chi connectivity index (χ3v) is 3.80. The molecule has 21 heavy (non-hydrogen) atoms. The third-order valence-electron chi connectivity index (χ3n) is 2.94. The minimum atomic E-state index is -0.330. The molecule has 0 aliphatic carbocycles. The molecule has 0 bridgehead atoms. The maximum absolute atomic E-state index is 13.6. The summed E-state index contributed by atoms with van der Waals surface area (Å²) in [5, 5.41) is 0.487. The van der Waals surface area contributed by atoms with Crippen LogP contribution in [0.1, 0.15) is 18.1 Å². The highest BCUT2D eigenvalue weighted by Gasteiger charge is 2.08. The zero-order valence-corrected chi connectivity index (χ0v) is 13.9. The predicted octanol–water partition coefficient (Wildman–Crippen LogP) is 4.71. The van der Waals surface area contributed by atoms with Gasteiger partial charge in [-0.15, -0.1) is 0 Å². The summed E-state index contributed by atoms with van der Waals surface area (Å²) in [6, 6.07) is 10.3. The first kappa shape index (κ1) is 16.3. The summed E-state index contributed by atoms with van der Waals surface area (Å²) < 4.78 is 20.1. The summed E-state index contributed by atoms with van der Waals surface area (Å²) >= 11 is 9.31. The number of nitrogens with two attached hydrogens (primary N) is 1. The van der Waals surface area contributed by atoms with Crippen molar-refractivity contribution in [1.29, 1.82) is 0 Å². The van der Waals surface area contributed by atoms with E-state index in [1.54, 1.807) is 6.07 Å². The van der Waals surface area contributed by atoms with Crippen molar-refractivity contribution in [3.63, 3.8) is 0 Å². The highest BCUT2D eigenvalue weighted by atomic mass is 79.9. The lowest BCUT2D eigenvalue weighted by molar-refractivity contribution is 0.298. The van der Waals surface area contributed by atoms with E-state index in [0.29, 0.717) is 16.3 Å². The van der Waals surface area contributed by atoms with E-state index in [9.17, 15) is 4.39 Å². The Morgan fingerprint density at radius 2 is 2.05 bits per heavy atom. The lowest BCUT2D eigenvalue weighted by Gasteiger charge is -2.11. The number of benzene rings is 2. The number of hydrogen-bond acceptors (Lipinski definition) is 2. The first-order chi connectivity index (χ1) is 9.95. The van der Waals surface area contributed by atoms with E-state index in [1.165, 1.54) is 12.1 Å². The molecule has 2 aromatic carbocycles. The molecule has 2 nitrogen and oxygen atoms in total. The Morgan fingerprint density at radius 1 is 1.29 bits per heavy atom. The Bertz CT molecular complexity index is 634. The van der Waals surface area contributed by atoms with Gasteiger partial charge in [-0.1, -0.05) is 17.7 Å². The maximum Gasteiger partial charge on any atom is 0.134 e. The number of rotatable bonds is 5. The Morgan fingerprint density at radius 3 is 2.71 bits per heavy atom. The van der Waals surface area contributed by atoms with Gasteiger partial charge in [0.15, 0.2) is 0 Å². The molecule has 1 atom stereocenters. The van der Waals surface area contributed by atoms with E-state index in [2.05, 4.69) is 15.9 Å². The molecule has 1 unspecified atom stereocenters. The molecule has 0 spiro atoms. The van der Waals surface area contributed by atoms with Crippen LogP contribution in [0.15, 0.2) is 40.9 Å². The van der Waals surface area contributed by atoms with Crippen LogP contribution in [0.5, 0.6) is 5.75 Å². The zero-order valence-electron chi connectivity index (χ0n) is 11.6. The molecule has 112 valence electrons. The van der Waals surface area contributed by atoms with E-state index < -0.39 is 0 Å². The smallest absolute Gasteiger partial charge is 0.134 e. The Kier molecular flexibility index (Phi) is 5.62. The second kappa shape index (κ2) is 7.25. The molecule has 2 rings (SSSR count). The quantitative estimate of drug-likeness (QED) is 0.825. The molecule has 0 fully saturated rings. The Labute approximate surface area is 137 Å². The van der Waals surface area contributed by atoms with Gasteiger partial charge in [-0.05, 0) is 65.2 Å². The molecule has 0 aliphatic heterocycles. The van der Waals surface area contributed by atoms with Crippen molar-refractivity contribution in [2.45, 2.75) is 26.0 Å². The van der Waals surface area contributed by atoms with Gasteiger partial charge in [0, 0.05) is 16.6 Å². The van der Waals surface area contributed by atoms with Gasteiger partial charge in [0.05, 0.1) is 4.47 Å². The van der Waals surface area contributed by atoms with Crippen LogP contribution >= 0.6 is 27.5 Å². The average molecular weight is 373 g/mol. The van der Waals surface area contributed by atoms with E-state index in [1.807, 2.05) is 25.1 Å². The lowest BCUT2D eigenvalue weighted by atomic mass is 10.1. The third kappa shape index (κ3) is 4.70. The molecule has 2 aromatic rings. The van der Waals surface area contributed by atoms with Crippen LogP contribution in [0, 0.1) is 5.82 Å². The van der Waals surface area contributed by atoms with Crippen LogP contribution in [0.4, 0.5) is 4.39 Å². The maximum atomic E-state index is 13.6. The normalized spacial score (nSPS) is 12.2. The zero-order chi connectivity index (χ0) is 15.4. The minimum absolute atomic E-state index is 0.101. The Hall–Kier alpha value is -1.10. The summed E-state index contributed by atoms with van der Waals surface area (Å²) in [6.07, 6.45) is 0.793.